The highest BCUT2D eigenvalue weighted by molar-refractivity contribution is 9.10. The number of benzene rings is 3. The van der Waals surface area contributed by atoms with Crippen LogP contribution in [0.15, 0.2) is 65.1 Å². The topological polar surface area (TPSA) is 58.6 Å². The minimum Gasteiger partial charge on any atom is -0.483 e. The lowest BCUT2D eigenvalue weighted by atomic mass is 10.1. The monoisotopic (exact) mass is 514 g/mol. The van der Waals surface area contributed by atoms with Gasteiger partial charge in [-0.1, -0.05) is 56.3 Å². The predicted octanol–water partition coefficient (Wildman–Crippen LogP) is 5.45. The Labute approximate surface area is 202 Å². The van der Waals surface area contributed by atoms with E-state index < -0.39 is 6.04 Å². The van der Waals surface area contributed by atoms with Crippen LogP contribution in [0.4, 0.5) is 4.39 Å². The Morgan fingerprint density at radius 2 is 1.79 bits per heavy atom. The van der Waals surface area contributed by atoms with Gasteiger partial charge in [-0.3, -0.25) is 9.59 Å². The number of rotatable bonds is 10. The smallest absolute Gasteiger partial charge is 0.261 e. The summed E-state index contributed by atoms with van der Waals surface area (Å²) in [6.45, 7) is 4.32. The first-order valence-corrected chi connectivity index (χ1v) is 11.9. The van der Waals surface area contributed by atoms with Gasteiger partial charge in [0.2, 0.25) is 5.91 Å². The quantitative estimate of drug-likeness (QED) is 0.391. The van der Waals surface area contributed by atoms with E-state index in [2.05, 4.69) is 21.2 Å². The third-order valence-electron chi connectivity index (χ3n) is 5.38. The van der Waals surface area contributed by atoms with Crippen LogP contribution in [0.25, 0.3) is 10.8 Å². The second-order valence-electron chi connectivity index (χ2n) is 7.75. The van der Waals surface area contributed by atoms with Gasteiger partial charge < -0.3 is 15.0 Å². The van der Waals surface area contributed by atoms with Crippen molar-refractivity contribution < 1.29 is 18.7 Å². The molecule has 2 amide bonds. The van der Waals surface area contributed by atoms with Crippen molar-refractivity contribution in [1.82, 2.24) is 10.2 Å². The molecule has 0 aliphatic carbocycles. The van der Waals surface area contributed by atoms with Crippen LogP contribution in [0.2, 0.25) is 0 Å². The van der Waals surface area contributed by atoms with Gasteiger partial charge in [0.25, 0.3) is 5.91 Å². The molecule has 3 aromatic rings. The molecule has 0 bridgehead atoms. The molecule has 0 radical (unpaired) electrons. The molecule has 3 rings (SSSR count). The fraction of sp³-hybridized carbons (Fsp3) is 0.308. The zero-order valence-electron chi connectivity index (χ0n) is 18.8. The maximum absolute atomic E-state index is 13.4. The number of fused-ring (bicyclic) bond motifs is 1. The lowest BCUT2D eigenvalue weighted by Crippen LogP contribution is -2.50. The van der Waals surface area contributed by atoms with Gasteiger partial charge in [-0.25, -0.2) is 4.39 Å². The van der Waals surface area contributed by atoms with E-state index in [9.17, 15) is 14.0 Å². The summed E-state index contributed by atoms with van der Waals surface area (Å²) in [6.07, 6.45) is 1.25. The summed E-state index contributed by atoms with van der Waals surface area (Å²) in [7, 11) is 0. The summed E-state index contributed by atoms with van der Waals surface area (Å²) in [5, 5.41) is 4.91. The number of hydrogen-bond donors (Lipinski definition) is 1. The van der Waals surface area contributed by atoms with Crippen molar-refractivity contribution in [2.75, 3.05) is 13.2 Å². The van der Waals surface area contributed by atoms with Gasteiger partial charge in [0, 0.05) is 13.1 Å². The van der Waals surface area contributed by atoms with Gasteiger partial charge in [0.1, 0.15) is 17.6 Å². The second-order valence-corrected chi connectivity index (χ2v) is 8.54. The van der Waals surface area contributed by atoms with E-state index in [-0.39, 0.29) is 30.8 Å². The molecule has 0 heterocycles. The van der Waals surface area contributed by atoms with Gasteiger partial charge in [-0.05, 0) is 63.3 Å². The van der Waals surface area contributed by atoms with Crippen LogP contribution in [0.3, 0.4) is 0 Å². The lowest BCUT2D eigenvalue weighted by Gasteiger charge is -2.30. The number of nitrogens with one attached hydrogen (secondary N) is 1. The number of halogens is 2. The van der Waals surface area contributed by atoms with Crippen LogP contribution in [0.5, 0.6) is 5.75 Å². The van der Waals surface area contributed by atoms with Crippen molar-refractivity contribution in [3.05, 3.63) is 76.5 Å². The van der Waals surface area contributed by atoms with E-state index in [0.29, 0.717) is 18.7 Å². The van der Waals surface area contributed by atoms with Crippen LogP contribution < -0.4 is 10.1 Å². The molecule has 0 spiro atoms. The molecule has 1 unspecified atom stereocenters. The van der Waals surface area contributed by atoms with Crippen molar-refractivity contribution in [1.29, 1.82) is 0 Å². The molecule has 0 aliphatic rings. The molecule has 3 aromatic carbocycles. The average Bonchev–Trinajstić information content (AvgIpc) is 2.83. The summed E-state index contributed by atoms with van der Waals surface area (Å²) in [5.41, 5.74) is 0.735. The highest BCUT2D eigenvalue weighted by Gasteiger charge is 2.29. The summed E-state index contributed by atoms with van der Waals surface area (Å²) in [4.78, 5) is 27.6. The van der Waals surface area contributed by atoms with Gasteiger partial charge in [0.05, 0.1) is 4.47 Å². The Morgan fingerprint density at radius 3 is 2.48 bits per heavy atom. The van der Waals surface area contributed by atoms with E-state index in [1.807, 2.05) is 50.2 Å². The number of nitrogens with zero attached hydrogens (tertiary/aromatic N) is 1. The lowest BCUT2D eigenvalue weighted by molar-refractivity contribution is -0.143. The van der Waals surface area contributed by atoms with Gasteiger partial charge in [0.15, 0.2) is 6.61 Å². The third-order valence-corrected chi connectivity index (χ3v) is 6.20. The minimum absolute atomic E-state index is 0.180. The fourth-order valence-electron chi connectivity index (χ4n) is 3.62. The summed E-state index contributed by atoms with van der Waals surface area (Å²) in [6, 6.07) is 16.9. The van der Waals surface area contributed by atoms with Crippen molar-refractivity contribution in [2.24, 2.45) is 0 Å². The Hall–Kier alpha value is -2.93. The zero-order chi connectivity index (χ0) is 23.8. The third kappa shape index (κ3) is 6.32. The van der Waals surface area contributed by atoms with Gasteiger partial charge >= 0.3 is 0 Å². The zero-order valence-corrected chi connectivity index (χ0v) is 20.4. The number of amides is 2. The van der Waals surface area contributed by atoms with Crippen LogP contribution in [0.1, 0.15) is 32.3 Å². The van der Waals surface area contributed by atoms with E-state index in [0.717, 1.165) is 27.2 Å². The molecular formula is C26H28BrFN2O3. The van der Waals surface area contributed by atoms with E-state index in [1.165, 1.54) is 17.0 Å². The summed E-state index contributed by atoms with van der Waals surface area (Å²) >= 11 is 3.57. The first-order valence-electron chi connectivity index (χ1n) is 11.1. The molecule has 0 fully saturated rings. The van der Waals surface area contributed by atoms with Crippen LogP contribution >= 0.6 is 15.9 Å². The number of ether oxygens (including phenoxy) is 1. The SMILES string of the molecule is CCCNC(=O)C(CC)N(Cc1ccc(F)cc1)C(=O)COc1ccc2ccccc2c1Br. The molecule has 7 heteroatoms. The Kier molecular flexibility index (Phi) is 8.83. The molecule has 0 aliphatic heterocycles. The van der Waals surface area contributed by atoms with Crippen molar-refractivity contribution in [3.63, 3.8) is 0 Å². The highest BCUT2D eigenvalue weighted by Crippen LogP contribution is 2.33. The van der Waals surface area contributed by atoms with Gasteiger partial charge in [-0.15, -0.1) is 0 Å². The van der Waals surface area contributed by atoms with Crippen molar-refractivity contribution >= 4 is 38.5 Å². The molecule has 0 saturated heterocycles. The highest BCUT2D eigenvalue weighted by atomic mass is 79.9. The molecule has 5 nitrogen and oxygen atoms in total. The summed E-state index contributed by atoms with van der Waals surface area (Å²) < 4.78 is 20.0. The fourth-order valence-corrected chi connectivity index (χ4v) is 4.23. The largest absolute Gasteiger partial charge is 0.483 e. The van der Waals surface area contributed by atoms with Crippen LogP contribution in [-0.2, 0) is 16.1 Å². The Bertz CT molecular complexity index is 1100. The average molecular weight is 515 g/mol. The van der Waals surface area contributed by atoms with E-state index in [4.69, 9.17) is 4.74 Å². The molecule has 1 atom stereocenters. The molecule has 174 valence electrons. The molecule has 0 saturated carbocycles. The minimum atomic E-state index is -0.655. The predicted molar refractivity (Wildman–Crippen MR) is 131 cm³/mol. The van der Waals surface area contributed by atoms with E-state index in [1.54, 1.807) is 12.1 Å². The number of hydrogen-bond acceptors (Lipinski definition) is 3. The molecule has 33 heavy (non-hydrogen) atoms. The number of carbonyl (C=O) groups is 2. The van der Waals surface area contributed by atoms with Crippen molar-refractivity contribution in [3.8, 4) is 5.75 Å². The Morgan fingerprint density at radius 1 is 1.06 bits per heavy atom. The van der Waals surface area contributed by atoms with Crippen LogP contribution in [0, 0.1) is 5.82 Å². The maximum atomic E-state index is 13.4. The first-order chi connectivity index (χ1) is 15.9. The summed E-state index contributed by atoms with van der Waals surface area (Å²) in [5.74, 6) is -0.333. The normalized spacial score (nSPS) is 11.8. The molecule has 1 N–H and O–H groups in total. The van der Waals surface area contributed by atoms with Crippen LogP contribution in [-0.4, -0.2) is 35.9 Å². The molecule has 0 aromatic heterocycles. The second kappa shape index (κ2) is 11.8. The Balaban J connectivity index is 1.81. The van der Waals surface area contributed by atoms with Gasteiger partial charge in [-0.2, -0.15) is 0 Å². The number of carbonyl (C=O) groups excluding carboxylic acids is 2. The standard InChI is InChI=1S/C26H28BrFN2O3/c1-3-15-29-26(32)22(4-2)30(16-18-9-12-20(28)13-10-18)24(31)17-33-23-14-11-19-7-5-6-8-21(19)25(23)27/h5-14,22H,3-4,15-17H2,1-2H3,(H,29,32). The maximum Gasteiger partial charge on any atom is 0.261 e. The van der Waals surface area contributed by atoms with Crippen molar-refractivity contribution in [2.45, 2.75) is 39.3 Å². The van der Waals surface area contributed by atoms with E-state index >= 15 is 0 Å². The molecular weight excluding hydrogens is 487 g/mol. The first kappa shape index (κ1) is 24.7.